The molecule has 0 unspecified atom stereocenters. The first-order valence-electron chi connectivity index (χ1n) is 12.5. The Hall–Kier alpha value is -3.92. The third kappa shape index (κ3) is 3.20. The Labute approximate surface area is 205 Å². The Morgan fingerprint density at radius 1 is 0.600 bits per heavy atom. The highest BCUT2D eigenvalue weighted by atomic mass is 16.6. The van der Waals surface area contributed by atoms with E-state index in [0.717, 1.165) is 70.4 Å². The minimum atomic E-state index is 0.687. The van der Waals surface area contributed by atoms with Gasteiger partial charge in [-0.15, -0.1) is 0 Å². The second kappa shape index (κ2) is 7.81. The van der Waals surface area contributed by atoms with Crippen LogP contribution in [-0.4, -0.2) is 13.2 Å². The second-order valence-electron chi connectivity index (χ2n) is 9.29. The molecule has 0 radical (unpaired) electrons. The topological polar surface area (TPSA) is 43.5 Å². The molecule has 4 nitrogen and oxygen atoms in total. The van der Waals surface area contributed by atoms with Gasteiger partial charge in [0.05, 0.1) is 13.2 Å². The largest absolute Gasteiger partial charge is 0.490 e. The van der Waals surface area contributed by atoms with E-state index in [0.29, 0.717) is 13.2 Å². The molecular formula is C31H26O4. The third-order valence-electron chi connectivity index (χ3n) is 6.95. The molecule has 2 heterocycles. The molecule has 0 N–H and O–H groups in total. The molecule has 7 rings (SSSR count). The van der Waals surface area contributed by atoms with E-state index in [-0.39, 0.29) is 0 Å². The SMILES string of the molecule is CCCOc1ccc(-c2ccc3c(c2-c2ccc(OCCC)c4c2O4)Cc2ccccc2-3)c2c1O2. The zero-order valence-corrected chi connectivity index (χ0v) is 19.9. The van der Waals surface area contributed by atoms with Gasteiger partial charge in [-0.2, -0.15) is 0 Å². The zero-order chi connectivity index (χ0) is 23.5. The summed E-state index contributed by atoms with van der Waals surface area (Å²) >= 11 is 0. The van der Waals surface area contributed by atoms with Gasteiger partial charge >= 0.3 is 0 Å². The van der Waals surface area contributed by atoms with Crippen molar-refractivity contribution >= 4 is 0 Å². The van der Waals surface area contributed by atoms with Crippen molar-refractivity contribution in [1.29, 1.82) is 0 Å². The summed E-state index contributed by atoms with van der Waals surface area (Å²) in [7, 11) is 0. The molecule has 4 aromatic rings. The van der Waals surface area contributed by atoms with Gasteiger partial charge in [0.2, 0.25) is 11.5 Å². The first kappa shape index (κ1) is 20.5. The molecule has 2 aliphatic heterocycles. The highest BCUT2D eigenvalue weighted by Crippen LogP contribution is 2.63. The smallest absolute Gasteiger partial charge is 0.212 e. The fraction of sp³-hybridized carbons (Fsp3) is 0.226. The Morgan fingerprint density at radius 2 is 1.20 bits per heavy atom. The molecule has 4 aromatic carbocycles. The molecule has 0 bridgehead atoms. The van der Waals surface area contributed by atoms with Gasteiger partial charge in [-0.25, -0.2) is 0 Å². The summed E-state index contributed by atoms with van der Waals surface area (Å²) in [6.07, 6.45) is 2.83. The van der Waals surface area contributed by atoms with Crippen LogP contribution in [0.15, 0.2) is 60.7 Å². The van der Waals surface area contributed by atoms with Crippen molar-refractivity contribution in [1.82, 2.24) is 0 Å². The number of hydrogen-bond donors (Lipinski definition) is 0. The number of fused-ring (bicyclic) bond motifs is 5. The van der Waals surface area contributed by atoms with Crippen LogP contribution in [0.3, 0.4) is 0 Å². The monoisotopic (exact) mass is 462 g/mol. The summed E-state index contributed by atoms with van der Waals surface area (Å²) in [5.41, 5.74) is 9.90. The van der Waals surface area contributed by atoms with Gasteiger partial charge in [0, 0.05) is 11.1 Å². The standard InChI is InChI=1S/C31H26O4/c1-3-15-32-25-13-11-22(28-30(25)34-28)21-10-9-20-19-8-6-5-7-18(19)17-24(20)27(21)23-12-14-26(33-16-4-2)31-29(23)35-31/h5-14H,3-4,15-17H2,1-2H3. The van der Waals surface area contributed by atoms with Gasteiger partial charge < -0.3 is 18.9 Å². The molecule has 3 aliphatic rings. The number of ether oxygens (including phenoxy) is 4. The Kier molecular flexibility index (Phi) is 4.56. The summed E-state index contributed by atoms with van der Waals surface area (Å²) in [6.45, 7) is 5.59. The molecule has 0 amide bonds. The lowest BCUT2D eigenvalue weighted by Crippen LogP contribution is -1.94. The molecule has 0 saturated heterocycles. The summed E-state index contributed by atoms with van der Waals surface area (Å²) in [5, 5.41) is 0. The van der Waals surface area contributed by atoms with Crippen LogP contribution in [0.2, 0.25) is 0 Å². The molecular weight excluding hydrogens is 436 g/mol. The van der Waals surface area contributed by atoms with Crippen molar-refractivity contribution in [3.8, 4) is 67.9 Å². The maximum atomic E-state index is 6.01. The number of hydrogen-bond acceptors (Lipinski definition) is 4. The first-order valence-corrected chi connectivity index (χ1v) is 12.5. The molecule has 0 atom stereocenters. The van der Waals surface area contributed by atoms with E-state index < -0.39 is 0 Å². The van der Waals surface area contributed by atoms with Gasteiger partial charge in [0.1, 0.15) is 0 Å². The zero-order valence-electron chi connectivity index (χ0n) is 19.9. The number of rotatable bonds is 8. The van der Waals surface area contributed by atoms with E-state index in [1.165, 1.54) is 27.8 Å². The second-order valence-corrected chi connectivity index (χ2v) is 9.29. The lowest BCUT2D eigenvalue weighted by molar-refractivity contribution is 0.314. The minimum absolute atomic E-state index is 0.687. The predicted octanol–water partition coefficient (Wildman–Crippen LogP) is 8.38. The Bertz CT molecular complexity index is 1500. The fourth-order valence-electron chi connectivity index (χ4n) is 5.26. The van der Waals surface area contributed by atoms with Gasteiger partial charge in [-0.1, -0.05) is 50.2 Å². The Morgan fingerprint density at radius 3 is 1.91 bits per heavy atom. The maximum Gasteiger partial charge on any atom is 0.212 e. The third-order valence-corrected chi connectivity index (χ3v) is 6.95. The van der Waals surface area contributed by atoms with Crippen molar-refractivity contribution in [3.05, 3.63) is 71.8 Å². The quantitative estimate of drug-likeness (QED) is 0.213. The lowest BCUT2D eigenvalue weighted by Gasteiger charge is -2.15. The molecule has 4 heteroatoms. The maximum absolute atomic E-state index is 6.01. The average molecular weight is 463 g/mol. The van der Waals surface area contributed by atoms with E-state index in [2.05, 4.69) is 62.4 Å². The van der Waals surface area contributed by atoms with Crippen molar-refractivity contribution in [2.75, 3.05) is 13.2 Å². The fourth-order valence-corrected chi connectivity index (χ4v) is 5.26. The number of benzene rings is 4. The van der Waals surface area contributed by atoms with E-state index in [4.69, 9.17) is 18.9 Å². The molecule has 0 aromatic heterocycles. The predicted molar refractivity (Wildman–Crippen MR) is 137 cm³/mol. The van der Waals surface area contributed by atoms with E-state index in [9.17, 15) is 0 Å². The average Bonchev–Trinajstić information content (AvgIpc) is 3.81. The molecule has 35 heavy (non-hydrogen) atoms. The summed E-state index contributed by atoms with van der Waals surface area (Å²) < 4.78 is 23.7. The van der Waals surface area contributed by atoms with Crippen LogP contribution in [0, 0.1) is 0 Å². The van der Waals surface area contributed by atoms with Crippen molar-refractivity contribution < 1.29 is 18.9 Å². The van der Waals surface area contributed by atoms with Crippen LogP contribution in [0.5, 0.6) is 34.5 Å². The van der Waals surface area contributed by atoms with Crippen LogP contribution < -0.4 is 18.9 Å². The molecule has 0 saturated carbocycles. The van der Waals surface area contributed by atoms with Crippen molar-refractivity contribution in [2.45, 2.75) is 33.1 Å². The van der Waals surface area contributed by atoms with Crippen molar-refractivity contribution in [3.63, 3.8) is 0 Å². The van der Waals surface area contributed by atoms with Gasteiger partial charge in [0.15, 0.2) is 23.0 Å². The van der Waals surface area contributed by atoms with E-state index in [1.54, 1.807) is 0 Å². The summed E-state index contributed by atoms with van der Waals surface area (Å²) in [5.74, 6) is 5.23. The van der Waals surface area contributed by atoms with Gasteiger partial charge in [0.25, 0.3) is 0 Å². The van der Waals surface area contributed by atoms with Crippen LogP contribution in [0.25, 0.3) is 33.4 Å². The summed E-state index contributed by atoms with van der Waals surface area (Å²) in [6, 6.07) is 21.5. The minimum Gasteiger partial charge on any atom is -0.490 e. The molecule has 0 spiro atoms. The Balaban J connectivity index is 1.39. The van der Waals surface area contributed by atoms with Crippen LogP contribution in [0.4, 0.5) is 0 Å². The van der Waals surface area contributed by atoms with Crippen LogP contribution in [-0.2, 0) is 6.42 Å². The van der Waals surface area contributed by atoms with Crippen LogP contribution >= 0.6 is 0 Å². The summed E-state index contributed by atoms with van der Waals surface area (Å²) in [4.78, 5) is 0. The highest BCUT2D eigenvalue weighted by molar-refractivity contribution is 6.00. The van der Waals surface area contributed by atoms with E-state index >= 15 is 0 Å². The van der Waals surface area contributed by atoms with Crippen molar-refractivity contribution in [2.24, 2.45) is 0 Å². The normalized spacial score (nSPS) is 13.1. The molecule has 1 aliphatic carbocycles. The first-order chi connectivity index (χ1) is 17.3. The van der Waals surface area contributed by atoms with Crippen LogP contribution in [0.1, 0.15) is 37.8 Å². The lowest BCUT2D eigenvalue weighted by atomic mass is 9.87. The molecule has 0 fully saturated rings. The van der Waals surface area contributed by atoms with Gasteiger partial charge in [-0.3, -0.25) is 0 Å². The highest BCUT2D eigenvalue weighted by Gasteiger charge is 2.37. The van der Waals surface area contributed by atoms with Gasteiger partial charge in [-0.05, 0) is 76.9 Å². The molecule has 174 valence electrons. The van der Waals surface area contributed by atoms with E-state index in [1.807, 2.05) is 12.1 Å².